The van der Waals surface area contributed by atoms with Gasteiger partial charge >= 0.3 is 0 Å². The summed E-state index contributed by atoms with van der Waals surface area (Å²) in [5, 5.41) is 6.43. The molecule has 0 aromatic carbocycles. The summed E-state index contributed by atoms with van der Waals surface area (Å²) in [5.74, 6) is -0.0766. The molecule has 1 saturated heterocycles. The zero-order valence-electron chi connectivity index (χ0n) is 10.2. The summed E-state index contributed by atoms with van der Waals surface area (Å²) in [4.78, 5) is 15.8. The highest BCUT2D eigenvalue weighted by Gasteiger charge is 2.17. The van der Waals surface area contributed by atoms with Crippen LogP contribution in [-0.2, 0) is 9.53 Å². The van der Waals surface area contributed by atoms with Gasteiger partial charge in [0, 0.05) is 13.1 Å². The highest BCUT2D eigenvalue weighted by Crippen LogP contribution is 2.16. The number of pyridine rings is 1. The number of aryl methyl sites for hydroxylation is 1. The molecule has 0 bridgehead atoms. The molecule has 18 heavy (non-hydrogen) atoms. The fourth-order valence-electron chi connectivity index (χ4n) is 1.80. The number of anilines is 1. The molecule has 1 aliphatic heterocycles. The molecule has 2 heterocycles. The van der Waals surface area contributed by atoms with Crippen LogP contribution in [0.3, 0.4) is 0 Å². The molecular weight excluding hydrogens is 254 g/mol. The van der Waals surface area contributed by atoms with Crippen LogP contribution in [0.4, 0.5) is 5.69 Å². The Bertz CT molecular complexity index is 433. The Balaban J connectivity index is 1.88. The quantitative estimate of drug-likeness (QED) is 0.814. The summed E-state index contributed by atoms with van der Waals surface area (Å²) in [6.07, 6.45) is 1.84. The Kier molecular flexibility index (Phi) is 4.52. The minimum Gasteiger partial charge on any atom is -0.375 e. The average Bonchev–Trinajstić information content (AvgIpc) is 2.35. The normalized spacial score (nSPS) is 19.6. The van der Waals surface area contributed by atoms with E-state index >= 15 is 0 Å². The highest BCUT2D eigenvalue weighted by molar-refractivity contribution is 6.30. The largest absolute Gasteiger partial charge is 0.375 e. The molecule has 0 radical (unpaired) electrons. The number of hydrogen-bond acceptors (Lipinski definition) is 4. The third kappa shape index (κ3) is 3.66. The monoisotopic (exact) mass is 269 g/mol. The van der Waals surface area contributed by atoms with Crippen molar-refractivity contribution in [3.8, 4) is 0 Å². The standard InChI is InChI=1S/C12H16ClN3O2/c1-8-4-9(6-15-12(8)13)16-11(17)5-10-7-14-2-3-18-10/h4,6,10,14H,2-3,5,7H2,1H3,(H,16,17). The highest BCUT2D eigenvalue weighted by atomic mass is 35.5. The van der Waals surface area contributed by atoms with Crippen molar-refractivity contribution < 1.29 is 9.53 Å². The SMILES string of the molecule is Cc1cc(NC(=O)CC2CNCCO2)cnc1Cl. The van der Waals surface area contributed by atoms with Gasteiger partial charge in [-0.2, -0.15) is 0 Å². The van der Waals surface area contributed by atoms with Crippen LogP contribution < -0.4 is 10.6 Å². The summed E-state index contributed by atoms with van der Waals surface area (Å²) in [7, 11) is 0. The van der Waals surface area contributed by atoms with Gasteiger partial charge in [-0.1, -0.05) is 11.6 Å². The van der Waals surface area contributed by atoms with Crippen LogP contribution >= 0.6 is 11.6 Å². The number of amides is 1. The van der Waals surface area contributed by atoms with Gasteiger partial charge in [-0.25, -0.2) is 4.98 Å². The molecule has 1 amide bonds. The van der Waals surface area contributed by atoms with Crippen molar-refractivity contribution >= 4 is 23.2 Å². The number of halogens is 1. The number of nitrogens with zero attached hydrogens (tertiary/aromatic N) is 1. The van der Waals surface area contributed by atoms with E-state index in [-0.39, 0.29) is 12.0 Å². The summed E-state index contributed by atoms with van der Waals surface area (Å²) in [5.41, 5.74) is 1.50. The molecule has 1 aromatic heterocycles. The number of hydrogen-bond donors (Lipinski definition) is 2. The van der Waals surface area contributed by atoms with Crippen molar-refractivity contribution in [2.24, 2.45) is 0 Å². The van der Waals surface area contributed by atoms with E-state index < -0.39 is 0 Å². The molecule has 0 aliphatic carbocycles. The van der Waals surface area contributed by atoms with E-state index in [0.29, 0.717) is 30.4 Å². The van der Waals surface area contributed by atoms with E-state index in [1.54, 1.807) is 12.3 Å². The molecule has 6 heteroatoms. The molecule has 0 spiro atoms. The van der Waals surface area contributed by atoms with Crippen LogP contribution in [0.2, 0.25) is 5.15 Å². The van der Waals surface area contributed by atoms with Crippen molar-refractivity contribution in [3.63, 3.8) is 0 Å². The van der Waals surface area contributed by atoms with Crippen LogP contribution in [0.1, 0.15) is 12.0 Å². The molecule has 5 nitrogen and oxygen atoms in total. The van der Waals surface area contributed by atoms with Gasteiger partial charge in [0.15, 0.2) is 0 Å². The number of carbonyl (C=O) groups excluding carboxylic acids is 1. The van der Waals surface area contributed by atoms with Crippen molar-refractivity contribution in [3.05, 3.63) is 23.0 Å². The molecule has 1 atom stereocenters. The Morgan fingerprint density at radius 1 is 1.72 bits per heavy atom. The zero-order chi connectivity index (χ0) is 13.0. The Morgan fingerprint density at radius 3 is 3.22 bits per heavy atom. The Morgan fingerprint density at radius 2 is 2.56 bits per heavy atom. The first-order valence-electron chi connectivity index (χ1n) is 5.89. The molecule has 2 rings (SSSR count). The molecule has 1 unspecified atom stereocenters. The number of carbonyl (C=O) groups is 1. The van der Waals surface area contributed by atoms with Crippen molar-refractivity contribution in [2.75, 3.05) is 25.0 Å². The van der Waals surface area contributed by atoms with Gasteiger partial charge in [-0.15, -0.1) is 0 Å². The minimum atomic E-state index is -0.0766. The first-order valence-corrected chi connectivity index (χ1v) is 6.27. The molecular formula is C12H16ClN3O2. The predicted molar refractivity (Wildman–Crippen MR) is 69.8 cm³/mol. The summed E-state index contributed by atoms with van der Waals surface area (Å²) >= 11 is 5.82. The minimum absolute atomic E-state index is 0.0555. The lowest BCUT2D eigenvalue weighted by Gasteiger charge is -2.23. The zero-order valence-corrected chi connectivity index (χ0v) is 11.0. The fourth-order valence-corrected chi connectivity index (χ4v) is 1.90. The molecule has 2 N–H and O–H groups in total. The van der Waals surface area contributed by atoms with Crippen molar-refractivity contribution in [1.29, 1.82) is 0 Å². The molecule has 1 aliphatic rings. The second-order valence-corrected chi connectivity index (χ2v) is 4.64. The molecule has 0 saturated carbocycles. The van der Waals surface area contributed by atoms with Gasteiger partial charge in [0.2, 0.25) is 5.91 Å². The van der Waals surface area contributed by atoms with E-state index in [1.807, 2.05) is 6.92 Å². The number of morpholine rings is 1. The third-order valence-electron chi connectivity index (χ3n) is 2.72. The summed E-state index contributed by atoms with van der Waals surface area (Å²) < 4.78 is 5.47. The fraction of sp³-hybridized carbons (Fsp3) is 0.500. The number of nitrogens with one attached hydrogen (secondary N) is 2. The maximum atomic E-state index is 11.8. The van der Waals surface area contributed by atoms with E-state index in [4.69, 9.17) is 16.3 Å². The van der Waals surface area contributed by atoms with Crippen molar-refractivity contribution in [2.45, 2.75) is 19.4 Å². The van der Waals surface area contributed by atoms with Crippen molar-refractivity contribution in [1.82, 2.24) is 10.3 Å². The lowest BCUT2D eigenvalue weighted by Crippen LogP contribution is -2.40. The lowest BCUT2D eigenvalue weighted by molar-refractivity contribution is -0.119. The average molecular weight is 270 g/mol. The van der Waals surface area contributed by atoms with Gasteiger partial charge in [0.25, 0.3) is 0 Å². The Hall–Kier alpha value is -1.17. The number of rotatable bonds is 3. The van der Waals surface area contributed by atoms with E-state index in [0.717, 1.165) is 12.1 Å². The van der Waals surface area contributed by atoms with E-state index in [1.165, 1.54) is 0 Å². The van der Waals surface area contributed by atoms with Gasteiger partial charge in [-0.05, 0) is 18.6 Å². The molecule has 1 aromatic rings. The second-order valence-electron chi connectivity index (χ2n) is 4.28. The van der Waals surface area contributed by atoms with E-state index in [9.17, 15) is 4.79 Å². The van der Waals surface area contributed by atoms with Gasteiger partial charge < -0.3 is 15.4 Å². The van der Waals surface area contributed by atoms with Crippen LogP contribution in [0.5, 0.6) is 0 Å². The van der Waals surface area contributed by atoms with Crippen LogP contribution in [-0.4, -0.2) is 36.7 Å². The predicted octanol–water partition coefficient (Wildman–Crippen LogP) is 1.36. The van der Waals surface area contributed by atoms with Gasteiger partial charge in [0.05, 0.1) is 31.0 Å². The topological polar surface area (TPSA) is 63.2 Å². The first-order chi connectivity index (χ1) is 8.65. The summed E-state index contributed by atoms with van der Waals surface area (Å²) in [6, 6.07) is 1.80. The maximum absolute atomic E-state index is 11.8. The van der Waals surface area contributed by atoms with Crippen LogP contribution in [0.15, 0.2) is 12.3 Å². The van der Waals surface area contributed by atoms with Crippen LogP contribution in [0.25, 0.3) is 0 Å². The smallest absolute Gasteiger partial charge is 0.227 e. The maximum Gasteiger partial charge on any atom is 0.227 e. The van der Waals surface area contributed by atoms with Gasteiger partial charge in [0.1, 0.15) is 5.15 Å². The number of aromatic nitrogens is 1. The summed E-state index contributed by atoms with van der Waals surface area (Å²) in [6.45, 7) is 4.06. The first kappa shape index (κ1) is 13.3. The van der Waals surface area contributed by atoms with Crippen LogP contribution in [0, 0.1) is 6.92 Å². The molecule has 1 fully saturated rings. The van der Waals surface area contributed by atoms with Gasteiger partial charge in [-0.3, -0.25) is 4.79 Å². The Labute approximate surface area is 111 Å². The second kappa shape index (κ2) is 6.13. The lowest BCUT2D eigenvalue weighted by atomic mass is 10.2. The number of ether oxygens (including phenoxy) is 1. The molecule has 98 valence electrons. The van der Waals surface area contributed by atoms with E-state index in [2.05, 4.69) is 15.6 Å². The third-order valence-corrected chi connectivity index (χ3v) is 3.11.